The zero-order valence-corrected chi connectivity index (χ0v) is 11.3. The highest BCUT2D eigenvalue weighted by molar-refractivity contribution is 7.89. The van der Waals surface area contributed by atoms with Crippen molar-refractivity contribution in [3.8, 4) is 0 Å². The molecular weight excluding hydrogens is 268 g/mol. The van der Waals surface area contributed by atoms with Crippen LogP contribution in [-0.4, -0.2) is 31.8 Å². The van der Waals surface area contributed by atoms with Crippen molar-refractivity contribution < 1.29 is 18.3 Å². The Kier molecular flexibility index (Phi) is 5.94. The molecule has 0 amide bonds. The van der Waals surface area contributed by atoms with E-state index in [0.29, 0.717) is 0 Å². The van der Waals surface area contributed by atoms with Gasteiger partial charge in [-0.15, -0.1) is 0 Å². The molecule has 0 spiro atoms. The van der Waals surface area contributed by atoms with Crippen molar-refractivity contribution in [1.82, 2.24) is 4.72 Å². The van der Waals surface area contributed by atoms with Crippen LogP contribution in [0.25, 0.3) is 0 Å². The van der Waals surface area contributed by atoms with Crippen molar-refractivity contribution in [2.24, 2.45) is 5.73 Å². The molecule has 1 unspecified atom stereocenters. The SMILES string of the molecule is NC(CNS(=O)(=O)CCCC(=O)O)c1ccccc1. The second-order valence-electron chi connectivity index (χ2n) is 4.18. The highest BCUT2D eigenvalue weighted by atomic mass is 32.2. The van der Waals surface area contributed by atoms with Crippen LogP contribution < -0.4 is 10.5 Å². The van der Waals surface area contributed by atoms with Gasteiger partial charge in [-0.2, -0.15) is 0 Å². The van der Waals surface area contributed by atoms with E-state index in [1.54, 1.807) is 0 Å². The standard InChI is InChI=1S/C12H18N2O4S/c13-11(10-5-2-1-3-6-10)9-14-19(17,18)8-4-7-12(15)16/h1-3,5-6,11,14H,4,7-9,13H2,(H,15,16). The third-order valence-electron chi connectivity index (χ3n) is 2.55. The lowest BCUT2D eigenvalue weighted by molar-refractivity contribution is -0.137. The maximum absolute atomic E-state index is 11.6. The third kappa shape index (κ3) is 6.32. The van der Waals surface area contributed by atoms with Crippen molar-refractivity contribution in [3.63, 3.8) is 0 Å². The van der Waals surface area contributed by atoms with Crippen LogP contribution in [0.2, 0.25) is 0 Å². The number of sulfonamides is 1. The maximum atomic E-state index is 11.6. The Morgan fingerprint density at radius 3 is 2.53 bits per heavy atom. The fourth-order valence-electron chi connectivity index (χ4n) is 1.52. The number of rotatable bonds is 8. The molecule has 106 valence electrons. The van der Waals surface area contributed by atoms with Gasteiger partial charge in [-0.05, 0) is 12.0 Å². The van der Waals surface area contributed by atoms with Crippen LogP contribution in [0.15, 0.2) is 30.3 Å². The quantitative estimate of drug-likeness (QED) is 0.643. The van der Waals surface area contributed by atoms with Gasteiger partial charge in [-0.25, -0.2) is 13.1 Å². The van der Waals surface area contributed by atoms with Crippen LogP contribution in [0.4, 0.5) is 0 Å². The summed E-state index contributed by atoms with van der Waals surface area (Å²) in [5.41, 5.74) is 6.70. The van der Waals surface area contributed by atoms with E-state index in [1.165, 1.54) is 0 Å². The van der Waals surface area contributed by atoms with Gasteiger partial charge in [0, 0.05) is 19.0 Å². The van der Waals surface area contributed by atoms with Crippen LogP contribution in [0.3, 0.4) is 0 Å². The Morgan fingerprint density at radius 1 is 1.32 bits per heavy atom. The minimum absolute atomic E-state index is 0.0885. The Morgan fingerprint density at radius 2 is 1.95 bits per heavy atom. The summed E-state index contributed by atoms with van der Waals surface area (Å²) >= 11 is 0. The third-order valence-corrected chi connectivity index (χ3v) is 3.99. The normalized spacial score (nSPS) is 13.1. The van der Waals surface area contributed by atoms with Gasteiger partial charge in [-0.1, -0.05) is 30.3 Å². The molecular formula is C12H18N2O4S. The fourth-order valence-corrected chi connectivity index (χ4v) is 2.62. The number of hydrogen-bond donors (Lipinski definition) is 3. The van der Waals surface area contributed by atoms with Crippen LogP contribution in [0.5, 0.6) is 0 Å². The van der Waals surface area contributed by atoms with Crippen molar-refractivity contribution in [1.29, 1.82) is 0 Å². The number of carbonyl (C=O) groups is 1. The van der Waals surface area contributed by atoms with E-state index < -0.39 is 22.0 Å². The summed E-state index contributed by atoms with van der Waals surface area (Å²) < 4.78 is 25.6. The number of carboxylic acid groups (broad SMARTS) is 1. The van der Waals surface area contributed by atoms with E-state index >= 15 is 0 Å². The predicted molar refractivity (Wildman–Crippen MR) is 72.0 cm³/mol. The number of carboxylic acids is 1. The topological polar surface area (TPSA) is 109 Å². The summed E-state index contributed by atoms with van der Waals surface area (Å²) in [5.74, 6) is -1.21. The molecule has 0 radical (unpaired) electrons. The predicted octanol–water partition coefficient (Wildman–Crippen LogP) is 0.471. The number of nitrogens with two attached hydrogens (primary N) is 1. The molecule has 7 heteroatoms. The second kappa shape index (κ2) is 7.22. The smallest absolute Gasteiger partial charge is 0.303 e. The Bertz CT molecular complexity index is 502. The molecule has 0 bridgehead atoms. The molecule has 6 nitrogen and oxygen atoms in total. The molecule has 1 aromatic rings. The lowest BCUT2D eigenvalue weighted by Crippen LogP contribution is -2.33. The van der Waals surface area contributed by atoms with Gasteiger partial charge >= 0.3 is 5.97 Å². The number of aliphatic carboxylic acids is 1. The van der Waals surface area contributed by atoms with Crippen molar-refractivity contribution >= 4 is 16.0 Å². The van der Waals surface area contributed by atoms with Gasteiger partial charge < -0.3 is 10.8 Å². The summed E-state index contributed by atoms with van der Waals surface area (Å²) in [6, 6.07) is 8.74. The summed E-state index contributed by atoms with van der Waals surface area (Å²) in [4.78, 5) is 10.3. The van der Waals surface area contributed by atoms with Crippen molar-refractivity contribution in [3.05, 3.63) is 35.9 Å². The van der Waals surface area contributed by atoms with Gasteiger partial charge in [0.05, 0.1) is 5.75 Å². The first-order chi connectivity index (χ1) is 8.91. The van der Waals surface area contributed by atoms with Crippen LogP contribution in [0.1, 0.15) is 24.4 Å². The number of hydrogen-bond acceptors (Lipinski definition) is 4. The van der Waals surface area contributed by atoms with Crippen LogP contribution in [0, 0.1) is 0 Å². The van der Waals surface area contributed by atoms with E-state index in [-0.39, 0.29) is 25.1 Å². The molecule has 0 heterocycles. The first kappa shape index (κ1) is 15.6. The lowest BCUT2D eigenvalue weighted by Gasteiger charge is -2.13. The average molecular weight is 286 g/mol. The van der Waals surface area contributed by atoms with E-state index in [4.69, 9.17) is 10.8 Å². The Hall–Kier alpha value is -1.44. The molecule has 0 saturated carbocycles. The number of nitrogens with one attached hydrogen (secondary N) is 1. The minimum Gasteiger partial charge on any atom is -0.481 e. The highest BCUT2D eigenvalue weighted by Gasteiger charge is 2.13. The fraction of sp³-hybridized carbons (Fsp3) is 0.417. The molecule has 0 aliphatic rings. The highest BCUT2D eigenvalue weighted by Crippen LogP contribution is 2.08. The maximum Gasteiger partial charge on any atom is 0.303 e. The van der Waals surface area contributed by atoms with Gasteiger partial charge in [-0.3, -0.25) is 4.79 Å². The molecule has 19 heavy (non-hydrogen) atoms. The molecule has 1 aromatic carbocycles. The number of benzene rings is 1. The average Bonchev–Trinajstić information content (AvgIpc) is 2.36. The Labute approximate surface area is 112 Å². The largest absolute Gasteiger partial charge is 0.481 e. The molecule has 1 atom stereocenters. The first-order valence-electron chi connectivity index (χ1n) is 5.90. The summed E-state index contributed by atoms with van der Waals surface area (Å²) in [6.07, 6.45) is -0.0725. The first-order valence-corrected chi connectivity index (χ1v) is 7.55. The van der Waals surface area contributed by atoms with Crippen molar-refractivity contribution in [2.45, 2.75) is 18.9 Å². The molecule has 0 saturated heterocycles. The molecule has 0 aliphatic heterocycles. The van der Waals surface area contributed by atoms with Gasteiger partial charge in [0.1, 0.15) is 0 Å². The van der Waals surface area contributed by atoms with E-state index in [1.807, 2.05) is 30.3 Å². The van der Waals surface area contributed by atoms with E-state index in [9.17, 15) is 13.2 Å². The monoisotopic (exact) mass is 286 g/mol. The molecule has 1 rings (SSSR count). The summed E-state index contributed by atoms with van der Waals surface area (Å²) in [6.45, 7) is 0.0966. The summed E-state index contributed by atoms with van der Waals surface area (Å²) in [5, 5.41) is 8.44. The van der Waals surface area contributed by atoms with Gasteiger partial charge in [0.2, 0.25) is 10.0 Å². The van der Waals surface area contributed by atoms with Crippen molar-refractivity contribution in [2.75, 3.05) is 12.3 Å². The molecule has 0 fully saturated rings. The lowest BCUT2D eigenvalue weighted by atomic mass is 10.1. The molecule has 0 aliphatic carbocycles. The molecule has 0 aromatic heterocycles. The summed E-state index contributed by atoms with van der Waals surface area (Å²) in [7, 11) is -3.47. The van der Waals surface area contributed by atoms with E-state index in [2.05, 4.69) is 4.72 Å². The molecule has 4 N–H and O–H groups in total. The van der Waals surface area contributed by atoms with Gasteiger partial charge in [0.25, 0.3) is 0 Å². The van der Waals surface area contributed by atoms with Gasteiger partial charge in [0.15, 0.2) is 0 Å². The minimum atomic E-state index is -3.47. The van der Waals surface area contributed by atoms with E-state index in [0.717, 1.165) is 5.56 Å². The zero-order chi connectivity index (χ0) is 14.3. The zero-order valence-electron chi connectivity index (χ0n) is 10.5. The second-order valence-corrected chi connectivity index (χ2v) is 6.11. The van der Waals surface area contributed by atoms with Crippen LogP contribution >= 0.6 is 0 Å². The van der Waals surface area contributed by atoms with Crippen LogP contribution in [-0.2, 0) is 14.8 Å². The Balaban J connectivity index is 2.40.